The lowest BCUT2D eigenvalue weighted by Gasteiger charge is -2.08. The third kappa shape index (κ3) is 2.38. The molecule has 0 amide bonds. The molecule has 2 aliphatic rings. The summed E-state index contributed by atoms with van der Waals surface area (Å²) in [6.45, 7) is 0. The molecule has 0 atom stereocenters. The van der Waals surface area contributed by atoms with E-state index in [9.17, 15) is 0 Å². The van der Waals surface area contributed by atoms with Gasteiger partial charge in [-0.1, -0.05) is 42.5 Å². The molecule has 1 N–H and O–H groups in total. The summed E-state index contributed by atoms with van der Waals surface area (Å²) in [5, 5.41) is 2.62. The van der Waals surface area contributed by atoms with Gasteiger partial charge in [0, 0.05) is 10.8 Å². The number of aromatic amines is 1. The SMILES string of the molecule is COc1cc2ccc1=2.S=c1[nH]c(-c2ccccc2)co1. The van der Waals surface area contributed by atoms with Crippen LogP contribution in [0.3, 0.4) is 0 Å². The Morgan fingerprint density at radius 3 is 2.30 bits per heavy atom. The van der Waals surface area contributed by atoms with Crippen LogP contribution in [-0.4, -0.2) is 12.1 Å². The molecule has 0 unspecified atom stereocenters. The first-order chi connectivity index (χ1) is 9.78. The van der Waals surface area contributed by atoms with Crippen molar-refractivity contribution in [2.45, 2.75) is 0 Å². The van der Waals surface area contributed by atoms with E-state index >= 15 is 0 Å². The van der Waals surface area contributed by atoms with Gasteiger partial charge in [-0.3, -0.25) is 0 Å². The molecule has 1 heterocycles. The fourth-order valence-corrected chi connectivity index (χ4v) is 2.12. The maximum Gasteiger partial charge on any atom is 0.266 e. The Morgan fingerprint density at radius 1 is 1.10 bits per heavy atom. The highest BCUT2D eigenvalue weighted by molar-refractivity contribution is 7.71. The molecule has 0 aliphatic heterocycles. The summed E-state index contributed by atoms with van der Waals surface area (Å²) >= 11 is 4.81. The van der Waals surface area contributed by atoms with Gasteiger partial charge in [0.1, 0.15) is 12.0 Å². The molecule has 3 nitrogen and oxygen atoms in total. The van der Waals surface area contributed by atoms with Crippen molar-refractivity contribution in [2.24, 2.45) is 0 Å². The maximum absolute atomic E-state index is 4.98. The second-order valence-corrected chi connectivity index (χ2v) is 4.71. The van der Waals surface area contributed by atoms with Crippen LogP contribution < -0.4 is 4.74 Å². The Labute approximate surface area is 121 Å². The van der Waals surface area contributed by atoms with Crippen molar-refractivity contribution in [3.63, 3.8) is 0 Å². The fourth-order valence-electron chi connectivity index (χ4n) is 1.96. The van der Waals surface area contributed by atoms with E-state index in [1.165, 1.54) is 10.4 Å². The van der Waals surface area contributed by atoms with Gasteiger partial charge < -0.3 is 14.1 Å². The summed E-state index contributed by atoms with van der Waals surface area (Å²) < 4.78 is 9.95. The standard InChI is InChI=1S/C9H7NOS.C7H6O/c12-9-10-8(6-11-9)7-4-2-1-3-5-7;1-8-7-4-5-2-3-6(5)7/h1-6H,(H,10,12);2-4H,1H3. The van der Waals surface area contributed by atoms with Gasteiger partial charge in [0.25, 0.3) is 4.84 Å². The summed E-state index contributed by atoms with van der Waals surface area (Å²) in [6.07, 6.45) is 1.62. The largest absolute Gasteiger partial charge is 0.496 e. The van der Waals surface area contributed by atoms with E-state index in [1.54, 1.807) is 13.4 Å². The zero-order valence-electron chi connectivity index (χ0n) is 10.9. The molecule has 4 heteroatoms. The van der Waals surface area contributed by atoms with E-state index in [0.29, 0.717) is 4.84 Å². The van der Waals surface area contributed by atoms with E-state index in [0.717, 1.165) is 17.0 Å². The molecule has 2 aromatic rings. The Morgan fingerprint density at radius 2 is 1.90 bits per heavy atom. The lowest BCUT2D eigenvalue weighted by atomic mass is 10.1. The molecule has 0 fully saturated rings. The van der Waals surface area contributed by atoms with Crippen molar-refractivity contribution < 1.29 is 9.15 Å². The minimum atomic E-state index is 0.411. The molecular weight excluding hydrogens is 270 g/mol. The van der Waals surface area contributed by atoms with Crippen molar-refractivity contribution in [3.05, 3.63) is 70.1 Å². The van der Waals surface area contributed by atoms with Crippen LogP contribution in [0.4, 0.5) is 0 Å². The minimum Gasteiger partial charge on any atom is -0.496 e. The van der Waals surface area contributed by atoms with Crippen LogP contribution in [0.25, 0.3) is 11.3 Å². The summed E-state index contributed by atoms with van der Waals surface area (Å²) in [4.78, 5) is 3.35. The van der Waals surface area contributed by atoms with E-state index in [2.05, 4.69) is 17.1 Å². The van der Waals surface area contributed by atoms with Crippen LogP contribution >= 0.6 is 12.2 Å². The van der Waals surface area contributed by atoms with E-state index in [-0.39, 0.29) is 0 Å². The van der Waals surface area contributed by atoms with E-state index < -0.39 is 0 Å². The summed E-state index contributed by atoms with van der Waals surface area (Å²) in [5.74, 6) is 1.03. The predicted molar refractivity (Wildman–Crippen MR) is 80.0 cm³/mol. The van der Waals surface area contributed by atoms with E-state index in [4.69, 9.17) is 21.4 Å². The number of rotatable bonds is 2. The second kappa shape index (κ2) is 5.35. The van der Waals surface area contributed by atoms with Gasteiger partial charge in [0.15, 0.2) is 0 Å². The van der Waals surface area contributed by atoms with Gasteiger partial charge in [0.05, 0.1) is 12.8 Å². The zero-order chi connectivity index (χ0) is 13.9. The minimum absolute atomic E-state index is 0.411. The molecular formula is C16H13NO2S. The lowest BCUT2D eigenvalue weighted by molar-refractivity contribution is 0.407. The molecule has 0 spiro atoms. The molecule has 100 valence electrons. The Balaban J connectivity index is 0.000000131. The number of H-pyrrole nitrogens is 1. The van der Waals surface area contributed by atoms with Crippen molar-refractivity contribution in [1.82, 2.24) is 4.98 Å². The van der Waals surface area contributed by atoms with Crippen LogP contribution in [-0.2, 0) is 0 Å². The maximum atomic E-state index is 4.98. The van der Waals surface area contributed by atoms with Gasteiger partial charge in [-0.05, 0) is 23.5 Å². The second-order valence-electron chi connectivity index (χ2n) is 4.34. The number of hydrogen-bond donors (Lipinski definition) is 1. The highest BCUT2D eigenvalue weighted by atomic mass is 32.1. The molecule has 1 aromatic carbocycles. The van der Waals surface area contributed by atoms with Gasteiger partial charge in [-0.25, -0.2) is 0 Å². The summed E-state index contributed by atoms with van der Waals surface area (Å²) in [7, 11) is 1.70. The Hall–Kier alpha value is -2.33. The number of nitrogens with one attached hydrogen (secondary N) is 1. The highest BCUT2D eigenvalue weighted by Gasteiger charge is 2.03. The van der Waals surface area contributed by atoms with Crippen molar-refractivity contribution in [1.29, 1.82) is 0 Å². The smallest absolute Gasteiger partial charge is 0.266 e. The summed E-state index contributed by atoms with van der Waals surface area (Å²) in [5.41, 5.74) is 2.00. The van der Waals surface area contributed by atoms with Crippen molar-refractivity contribution in [3.8, 4) is 17.0 Å². The highest BCUT2D eigenvalue weighted by Crippen LogP contribution is 2.22. The zero-order valence-corrected chi connectivity index (χ0v) is 11.7. The first-order valence-electron chi connectivity index (χ1n) is 6.19. The van der Waals surface area contributed by atoms with Gasteiger partial charge in [-0.2, -0.15) is 0 Å². The number of oxazole rings is 1. The van der Waals surface area contributed by atoms with Gasteiger partial charge in [-0.15, -0.1) is 0 Å². The molecule has 0 radical (unpaired) electrons. The van der Waals surface area contributed by atoms with Gasteiger partial charge in [0.2, 0.25) is 0 Å². The predicted octanol–water partition coefficient (Wildman–Crippen LogP) is 4.30. The molecule has 0 bridgehead atoms. The lowest BCUT2D eigenvalue weighted by Crippen LogP contribution is -1.92. The van der Waals surface area contributed by atoms with Crippen LogP contribution in [0.5, 0.6) is 5.75 Å². The van der Waals surface area contributed by atoms with E-state index in [1.807, 2.05) is 36.4 Å². The normalized spacial score (nSPS) is 10.4. The molecule has 2 aliphatic carbocycles. The average molecular weight is 283 g/mol. The molecule has 0 saturated heterocycles. The quantitative estimate of drug-likeness (QED) is 0.557. The first kappa shape index (κ1) is 12.7. The number of aromatic nitrogens is 1. The molecule has 1 aromatic heterocycles. The number of benzene rings is 2. The Kier molecular flexibility index (Phi) is 3.39. The molecule has 4 rings (SSSR count). The van der Waals surface area contributed by atoms with Crippen LogP contribution in [0.15, 0.2) is 59.2 Å². The van der Waals surface area contributed by atoms with Gasteiger partial charge >= 0.3 is 0 Å². The van der Waals surface area contributed by atoms with Crippen molar-refractivity contribution in [2.75, 3.05) is 7.11 Å². The molecule has 20 heavy (non-hydrogen) atoms. The first-order valence-corrected chi connectivity index (χ1v) is 6.60. The third-order valence-corrected chi connectivity index (χ3v) is 3.32. The molecule has 0 saturated carbocycles. The number of hydrogen-bond acceptors (Lipinski definition) is 3. The van der Waals surface area contributed by atoms with Crippen LogP contribution in [0, 0.1) is 15.3 Å². The van der Waals surface area contributed by atoms with Crippen LogP contribution in [0.2, 0.25) is 0 Å². The number of methoxy groups -OCH3 is 1. The average Bonchev–Trinajstić information content (AvgIpc) is 2.90. The Bertz CT molecular complexity index is 865. The number of ether oxygens (including phenoxy) is 1. The van der Waals surface area contributed by atoms with Crippen molar-refractivity contribution >= 4 is 12.2 Å². The fraction of sp³-hybridized carbons (Fsp3) is 0.0625. The topological polar surface area (TPSA) is 38.2 Å². The monoisotopic (exact) mass is 283 g/mol. The van der Waals surface area contributed by atoms with Crippen LogP contribution in [0.1, 0.15) is 0 Å². The third-order valence-electron chi connectivity index (χ3n) is 3.12. The summed E-state index contributed by atoms with van der Waals surface area (Å²) in [6, 6.07) is 16.1.